The van der Waals surface area contributed by atoms with E-state index in [9.17, 15) is 18.3 Å². The topological polar surface area (TPSA) is 146 Å². The van der Waals surface area contributed by atoms with E-state index in [1.54, 1.807) is 12.1 Å². The zero-order valence-electron chi connectivity index (χ0n) is 18.9. The summed E-state index contributed by atoms with van der Waals surface area (Å²) < 4.78 is 23.3. The van der Waals surface area contributed by atoms with Crippen LogP contribution in [0.4, 0.5) is 5.13 Å². The van der Waals surface area contributed by atoms with E-state index in [2.05, 4.69) is 10.3 Å². The van der Waals surface area contributed by atoms with E-state index in [1.807, 2.05) is 30.3 Å². The molecule has 0 bridgehead atoms. The average Bonchev–Trinajstić information content (AvgIpc) is 3.54. The summed E-state index contributed by atoms with van der Waals surface area (Å²) in [6.07, 6.45) is 4.41. The third-order valence-corrected chi connectivity index (χ3v) is 7.73. The van der Waals surface area contributed by atoms with E-state index in [1.165, 1.54) is 28.8 Å². The number of thiazole rings is 1. The Labute approximate surface area is 208 Å². The molecule has 1 fully saturated rings. The predicted molar refractivity (Wildman–Crippen MR) is 137 cm³/mol. The highest BCUT2D eigenvalue weighted by Crippen LogP contribution is 2.33. The molecule has 0 atom stereocenters. The maximum absolute atomic E-state index is 11.7. The van der Waals surface area contributed by atoms with E-state index in [-0.39, 0.29) is 16.5 Å². The predicted octanol–water partition coefficient (Wildman–Crippen LogP) is 4.76. The van der Waals surface area contributed by atoms with Crippen LogP contribution in [-0.4, -0.2) is 30.2 Å². The zero-order valence-corrected chi connectivity index (χ0v) is 20.5. The first-order chi connectivity index (χ1) is 16.7. The van der Waals surface area contributed by atoms with Gasteiger partial charge in [-0.15, -0.1) is 11.3 Å². The number of sulfonamides is 1. The Morgan fingerprint density at radius 3 is 2.34 bits per heavy atom. The number of aromatic carboxylic acids is 1. The van der Waals surface area contributed by atoms with Gasteiger partial charge in [-0.05, 0) is 36.1 Å². The summed E-state index contributed by atoms with van der Waals surface area (Å²) in [5, 5.41) is 28.8. The standard InChI is InChI=1S/C25H26N4O4S2/c26-22(17-6-4-5-7-17)20(14-16-10-12-19(13-11-16)35(27,32)33)23(18-8-2-1-3-9-18)29-25-28-21(15-34-25)24(30)31/h1-3,8-13,15,17,26H,4-7,14H2,(H,28,29)(H,30,31)(H2,27,32,33)/b23-20-,26-22?. The maximum Gasteiger partial charge on any atom is 0.355 e. The van der Waals surface area contributed by atoms with Crippen molar-refractivity contribution in [1.29, 1.82) is 5.41 Å². The number of carboxylic acids is 1. The number of rotatable bonds is 9. The van der Waals surface area contributed by atoms with Gasteiger partial charge in [0.05, 0.1) is 10.6 Å². The molecule has 1 aliphatic carbocycles. The van der Waals surface area contributed by atoms with Crippen molar-refractivity contribution in [3.63, 3.8) is 0 Å². The van der Waals surface area contributed by atoms with Gasteiger partial charge >= 0.3 is 5.97 Å². The monoisotopic (exact) mass is 510 g/mol. The molecule has 0 spiro atoms. The summed E-state index contributed by atoms with van der Waals surface area (Å²) >= 11 is 1.18. The van der Waals surface area contributed by atoms with Gasteiger partial charge in [0.1, 0.15) is 0 Å². The van der Waals surface area contributed by atoms with E-state index in [0.29, 0.717) is 23.0 Å². The van der Waals surface area contributed by atoms with Crippen molar-refractivity contribution in [3.8, 4) is 0 Å². The van der Waals surface area contributed by atoms with Gasteiger partial charge in [-0.2, -0.15) is 0 Å². The van der Waals surface area contributed by atoms with Gasteiger partial charge in [0.25, 0.3) is 0 Å². The van der Waals surface area contributed by atoms with Crippen LogP contribution >= 0.6 is 11.3 Å². The minimum absolute atomic E-state index is 0.0306. The summed E-state index contributed by atoms with van der Waals surface area (Å²) in [7, 11) is -3.80. The average molecular weight is 511 g/mol. The number of allylic oxidation sites excluding steroid dienone is 1. The first-order valence-corrected chi connectivity index (χ1v) is 13.6. The van der Waals surface area contributed by atoms with Crippen LogP contribution in [0.2, 0.25) is 0 Å². The smallest absolute Gasteiger partial charge is 0.355 e. The minimum atomic E-state index is -3.80. The number of nitrogens with zero attached hydrogens (tertiary/aromatic N) is 1. The van der Waals surface area contributed by atoms with Crippen LogP contribution in [0.15, 0.2) is 70.4 Å². The SMILES string of the molecule is N=C(/C(Cc1ccc(S(N)(=O)=O)cc1)=C(\Nc1nc(C(=O)O)cs1)c1ccccc1)C1CCCC1. The van der Waals surface area contributed by atoms with Crippen molar-refractivity contribution in [2.24, 2.45) is 11.1 Å². The highest BCUT2D eigenvalue weighted by molar-refractivity contribution is 7.89. The normalized spacial score (nSPS) is 15.0. The van der Waals surface area contributed by atoms with Gasteiger partial charge in [0, 0.05) is 29.0 Å². The molecule has 182 valence electrons. The quantitative estimate of drug-likeness (QED) is 0.305. The fraction of sp³-hybridized carbons (Fsp3) is 0.240. The molecule has 4 rings (SSSR count). The fourth-order valence-electron chi connectivity index (χ4n) is 4.24. The number of primary sulfonamides is 1. The Kier molecular flexibility index (Phi) is 7.44. The first-order valence-electron chi connectivity index (χ1n) is 11.2. The van der Waals surface area contributed by atoms with Gasteiger partial charge in [-0.1, -0.05) is 55.3 Å². The highest BCUT2D eigenvalue weighted by Gasteiger charge is 2.26. The Morgan fingerprint density at radius 1 is 1.11 bits per heavy atom. The number of nitrogens with two attached hydrogens (primary N) is 1. The number of carboxylic acid groups (broad SMARTS) is 1. The van der Waals surface area contributed by atoms with Crippen molar-refractivity contribution in [2.75, 3.05) is 5.32 Å². The molecule has 0 unspecified atom stereocenters. The van der Waals surface area contributed by atoms with E-state index >= 15 is 0 Å². The molecule has 0 amide bonds. The van der Waals surface area contributed by atoms with Gasteiger partial charge in [0.15, 0.2) is 10.8 Å². The molecular formula is C25H26N4O4S2. The van der Waals surface area contributed by atoms with E-state index < -0.39 is 16.0 Å². The largest absolute Gasteiger partial charge is 0.476 e. The molecule has 0 aliphatic heterocycles. The van der Waals surface area contributed by atoms with E-state index in [4.69, 9.17) is 10.5 Å². The number of anilines is 1. The molecule has 2 aromatic carbocycles. The molecular weight excluding hydrogens is 484 g/mol. The summed E-state index contributed by atoms with van der Waals surface area (Å²) in [6, 6.07) is 15.9. The first kappa shape index (κ1) is 24.8. The second kappa shape index (κ2) is 10.5. The molecule has 10 heteroatoms. The Hall–Kier alpha value is -3.34. The summed E-state index contributed by atoms with van der Waals surface area (Å²) in [5.74, 6) is -0.978. The number of nitrogens with one attached hydrogen (secondary N) is 2. The molecule has 1 aliphatic rings. The van der Waals surface area contributed by atoms with Crippen LogP contribution < -0.4 is 10.5 Å². The van der Waals surface area contributed by atoms with Gasteiger partial charge < -0.3 is 15.8 Å². The summed E-state index contributed by atoms with van der Waals surface area (Å²) in [6.45, 7) is 0. The lowest BCUT2D eigenvalue weighted by molar-refractivity contribution is 0.0691. The molecule has 35 heavy (non-hydrogen) atoms. The number of benzene rings is 2. The molecule has 8 nitrogen and oxygen atoms in total. The van der Waals surface area contributed by atoms with Crippen molar-refractivity contribution >= 4 is 43.9 Å². The second-order valence-corrected chi connectivity index (χ2v) is 10.9. The Morgan fingerprint density at radius 2 is 1.77 bits per heavy atom. The zero-order chi connectivity index (χ0) is 25.0. The molecule has 0 saturated heterocycles. The third-order valence-electron chi connectivity index (χ3n) is 6.04. The van der Waals surface area contributed by atoms with Crippen LogP contribution in [0.25, 0.3) is 5.70 Å². The number of hydrogen-bond donors (Lipinski definition) is 4. The third kappa shape index (κ3) is 6.02. The fourth-order valence-corrected chi connectivity index (χ4v) is 5.45. The molecule has 3 aromatic rings. The second-order valence-electron chi connectivity index (χ2n) is 8.45. The molecule has 5 N–H and O–H groups in total. The van der Waals surface area contributed by atoms with Crippen molar-refractivity contribution in [1.82, 2.24) is 4.98 Å². The number of carbonyl (C=O) groups is 1. The minimum Gasteiger partial charge on any atom is -0.476 e. The Balaban J connectivity index is 1.81. The number of aromatic nitrogens is 1. The van der Waals surface area contributed by atoms with Crippen LogP contribution in [0.5, 0.6) is 0 Å². The molecule has 1 heterocycles. The van der Waals surface area contributed by atoms with Gasteiger partial charge in [-0.25, -0.2) is 23.3 Å². The molecule has 0 radical (unpaired) electrons. The highest BCUT2D eigenvalue weighted by atomic mass is 32.2. The lowest BCUT2D eigenvalue weighted by atomic mass is 9.88. The summed E-state index contributed by atoms with van der Waals surface area (Å²) in [4.78, 5) is 15.6. The van der Waals surface area contributed by atoms with Gasteiger partial charge in [0.2, 0.25) is 10.0 Å². The Bertz CT molecular complexity index is 1360. The van der Waals surface area contributed by atoms with Crippen molar-refractivity contribution < 1.29 is 18.3 Å². The summed E-state index contributed by atoms with van der Waals surface area (Å²) in [5.41, 5.74) is 3.60. The lowest BCUT2D eigenvalue weighted by Gasteiger charge is -2.21. The van der Waals surface area contributed by atoms with Crippen LogP contribution in [0.3, 0.4) is 0 Å². The van der Waals surface area contributed by atoms with Crippen molar-refractivity contribution in [2.45, 2.75) is 37.0 Å². The molecule has 1 aromatic heterocycles. The van der Waals surface area contributed by atoms with Crippen molar-refractivity contribution in [3.05, 3.63) is 82.4 Å². The van der Waals surface area contributed by atoms with E-state index in [0.717, 1.165) is 42.4 Å². The number of hydrogen-bond acceptors (Lipinski definition) is 7. The molecule has 1 saturated carbocycles. The van der Waals surface area contributed by atoms with Crippen LogP contribution in [0.1, 0.15) is 47.3 Å². The maximum atomic E-state index is 11.7. The van der Waals surface area contributed by atoms with Crippen LogP contribution in [-0.2, 0) is 16.4 Å². The lowest BCUT2D eigenvalue weighted by Crippen LogP contribution is -2.19. The van der Waals surface area contributed by atoms with Crippen LogP contribution in [0, 0.1) is 11.3 Å². The van der Waals surface area contributed by atoms with Gasteiger partial charge in [-0.3, -0.25) is 0 Å².